The number of halogens is 1. The molecular weight excluding hydrogens is 702 g/mol. The molecule has 50 heavy (non-hydrogen) atoms. The van der Waals surface area contributed by atoms with Crippen LogP contribution in [0, 0.1) is 31.6 Å². The average Bonchev–Trinajstić information content (AvgIpc) is 3.67. The average molecular weight is 749 g/mol. The number of carbonyl (C=O) groups is 4. The molecule has 2 fully saturated rings. The molecule has 6 rings (SSSR count). The number of allylic oxidation sites excluding steroid dienone is 1. The van der Waals surface area contributed by atoms with E-state index < -0.39 is 59.6 Å². The number of esters is 1. The van der Waals surface area contributed by atoms with Gasteiger partial charge in [0.05, 0.1) is 24.6 Å². The van der Waals surface area contributed by atoms with E-state index in [9.17, 15) is 19.5 Å². The van der Waals surface area contributed by atoms with Crippen molar-refractivity contribution in [1.29, 1.82) is 0 Å². The largest absolute Gasteiger partial charge is 0.455 e. The second kappa shape index (κ2) is 14.4. The lowest BCUT2D eigenvalue weighted by Gasteiger charge is -2.39. The van der Waals surface area contributed by atoms with Crippen LogP contribution in [0.15, 0.2) is 71.2 Å². The highest BCUT2D eigenvalue weighted by Gasteiger charge is 2.75. The van der Waals surface area contributed by atoms with Gasteiger partial charge in [0.1, 0.15) is 29.8 Å². The first-order valence-corrected chi connectivity index (χ1v) is 18.2. The standard InChI is InChI=1S/C39H46BrN3O7/c1-22(2)19-27(21-44)43-35-37(47)42(32-23(3)13-12-14-24(32)4)18-11-7-10-17-29(45)41-25(5)33(26-15-8-6-9-16-26)49-38(48)30-31(36(43)46)39(35)20-28(40)34(30)50-39/h6-9,11-16,20,22,25,27,30-31,33-35,44H,10,17-19,21H2,1-5H3,(H,41,45)/b11-7-/t25-,27+,30+,31-,33+,34+,35+,39-/m0/s1. The predicted molar refractivity (Wildman–Crippen MR) is 192 cm³/mol. The fourth-order valence-corrected chi connectivity index (χ4v) is 9.04. The normalized spacial score (nSPS) is 31.4. The summed E-state index contributed by atoms with van der Waals surface area (Å²) in [6, 6.07) is 12.5. The fourth-order valence-electron chi connectivity index (χ4n) is 8.31. The number of nitrogens with one attached hydrogen (secondary N) is 1. The van der Waals surface area contributed by atoms with E-state index in [0.29, 0.717) is 28.6 Å². The quantitative estimate of drug-likeness (QED) is 0.313. The van der Waals surface area contributed by atoms with E-state index in [1.807, 2.05) is 88.4 Å². The van der Waals surface area contributed by atoms with E-state index in [4.69, 9.17) is 9.47 Å². The number of rotatable bonds is 6. The lowest BCUT2D eigenvalue weighted by Crippen LogP contribution is -2.59. The molecule has 2 aromatic rings. The number of amides is 3. The highest BCUT2D eigenvalue weighted by Crippen LogP contribution is 2.59. The number of carbonyl (C=O) groups excluding carboxylic acids is 4. The Bertz CT molecular complexity index is 1690. The van der Waals surface area contributed by atoms with Crippen molar-refractivity contribution in [2.24, 2.45) is 17.8 Å². The van der Waals surface area contributed by atoms with Crippen molar-refractivity contribution in [2.45, 2.75) is 89.8 Å². The van der Waals surface area contributed by atoms with Crippen LogP contribution in [0.4, 0.5) is 5.69 Å². The fraction of sp³-hybridized carbons (Fsp3) is 0.487. The lowest BCUT2D eigenvalue weighted by molar-refractivity contribution is -0.161. The molecule has 1 spiro atoms. The van der Waals surface area contributed by atoms with Gasteiger partial charge in [0.15, 0.2) is 0 Å². The minimum atomic E-state index is -1.50. The first-order valence-electron chi connectivity index (χ1n) is 17.5. The van der Waals surface area contributed by atoms with Gasteiger partial charge in [-0.05, 0) is 62.3 Å². The van der Waals surface area contributed by atoms with Crippen LogP contribution in [0.5, 0.6) is 0 Å². The van der Waals surface area contributed by atoms with Crippen LogP contribution >= 0.6 is 15.9 Å². The van der Waals surface area contributed by atoms with Crippen LogP contribution in [0.25, 0.3) is 0 Å². The zero-order chi connectivity index (χ0) is 35.9. The summed E-state index contributed by atoms with van der Waals surface area (Å²) >= 11 is 3.63. The zero-order valence-corrected chi connectivity index (χ0v) is 30.8. The van der Waals surface area contributed by atoms with Gasteiger partial charge in [0, 0.05) is 23.1 Å². The number of nitrogens with zero attached hydrogens (tertiary/aromatic N) is 2. The highest BCUT2D eigenvalue weighted by atomic mass is 79.9. The summed E-state index contributed by atoms with van der Waals surface area (Å²) in [7, 11) is 0. The first-order chi connectivity index (χ1) is 23.9. The molecule has 10 nitrogen and oxygen atoms in total. The van der Waals surface area contributed by atoms with E-state index in [2.05, 4.69) is 21.2 Å². The van der Waals surface area contributed by atoms with Crippen LogP contribution in [-0.2, 0) is 28.7 Å². The first kappa shape index (κ1) is 36.0. The molecule has 3 amide bonds. The maximum atomic E-state index is 15.3. The van der Waals surface area contributed by atoms with Crippen LogP contribution in [0.1, 0.15) is 62.8 Å². The van der Waals surface area contributed by atoms with Crippen molar-refractivity contribution in [3.8, 4) is 0 Å². The Morgan fingerprint density at radius 2 is 1.68 bits per heavy atom. The number of likely N-dealkylation sites (tertiary alicyclic amines) is 1. The summed E-state index contributed by atoms with van der Waals surface area (Å²) in [4.78, 5) is 61.0. The van der Waals surface area contributed by atoms with Crippen molar-refractivity contribution >= 4 is 45.3 Å². The van der Waals surface area contributed by atoms with Crippen LogP contribution in [0.2, 0.25) is 0 Å². The molecular formula is C39H46BrN3O7. The third-order valence-electron chi connectivity index (χ3n) is 10.4. The van der Waals surface area contributed by atoms with Gasteiger partial charge in [0.25, 0.3) is 5.91 Å². The minimum absolute atomic E-state index is 0.0976. The molecule has 0 unspecified atom stereocenters. The number of para-hydroxylation sites is 1. The Labute approximate surface area is 302 Å². The topological polar surface area (TPSA) is 125 Å². The van der Waals surface area contributed by atoms with Crippen molar-refractivity contribution in [1.82, 2.24) is 10.2 Å². The SMILES string of the molecule is Cc1cccc(C)c1N1C/C=C\CCC(=O)N[C@@H](C)[C@H](c2ccccc2)OC(=O)[C@H]2[C@@H]3O[C@@]4(C=C3Br)[C@@H]2C(=O)N([C@@H](CO)CC(C)C)[C@@H]4C1=O. The third kappa shape index (κ3) is 6.32. The number of aryl methyl sites for hydroxylation is 2. The molecule has 2 saturated heterocycles. The van der Waals surface area contributed by atoms with Gasteiger partial charge in [-0.25, -0.2) is 0 Å². The van der Waals surface area contributed by atoms with E-state index in [1.54, 1.807) is 17.9 Å². The predicted octanol–water partition coefficient (Wildman–Crippen LogP) is 5.06. The zero-order valence-electron chi connectivity index (χ0n) is 29.2. The highest BCUT2D eigenvalue weighted by molar-refractivity contribution is 9.11. The number of benzene rings is 2. The molecule has 0 aliphatic carbocycles. The maximum Gasteiger partial charge on any atom is 0.313 e. The van der Waals surface area contributed by atoms with Crippen molar-refractivity contribution in [3.05, 3.63) is 87.9 Å². The molecule has 266 valence electrons. The van der Waals surface area contributed by atoms with Gasteiger partial charge in [-0.1, -0.05) is 90.5 Å². The number of hydrogen-bond acceptors (Lipinski definition) is 7. The van der Waals surface area contributed by atoms with Crippen LogP contribution < -0.4 is 10.2 Å². The Morgan fingerprint density at radius 1 is 0.980 bits per heavy atom. The molecule has 11 heteroatoms. The Kier molecular flexibility index (Phi) is 10.4. The molecule has 2 aromatic carbocycles. The van der Waals surface area contributed by atoms with Crippen LogP contribution in [0.3, 0.4) is 0 Å². The van der Waals surface area contributed by atoms with E-state index in [-0.39, 0.29) is 37.3 Å². The number of hydrogen-bond donors (Lipinski definition) is 2. The van der Waals surface area contributed by atoms with Gasteiger partial charge in [0.2, 0.25) is 11.8 Å². The lowest BCUT2D eigenvalue weighted by atomic mass is 9.74. The van der Waals surface area contributed by atoms with E-state index in [0.717, 1.165) is 11.1 Å². The van der Waals surface area contributed by atoms with E-state index in [1.165, 1.54) is 4.90 Å². The Balaban J connectivity index is 1.52. The van der Waals surface area contributed by atoms with Gasteiger partial charge in [-0.15, -0.1) is 0 Å². The molecule has 4 aliphatic rings. The summed E-state index contributed by atoms with van der Waals surface area (Å²) in [6.07, 6.45) is 4.87. The second-order valence-electron chi connectivity index (χ2n) is 14.4. The number of anilines is 1. The minimum Gasteiger partial charge on any atom is -0.455 e. The van der Waals surface area contributed by atoms with Gasteiger partial charge < -0.3 is 29.7 Å². The summed E-state index contributed by atoms with van der Waals surface area (Å²) in [5.41, 5.74) is 1.65. The molecule has 8 atom stereocenters. The molecule has 4 heterocycles. The number of fused-ring (bicyclic) bond motifs is 2. The maximum absolute atomic E-state index is 15.3. The molecule has 5 bridgehead atoms. The van der Waals surface area contributed by atoms with Gasteiger partial charge in [-0.3, -0.25) is 19.2 Å². The van der Waals surface area contributed by atoms with Crippen molar-refractivity contribution < 1.29 is 33.8 Å². The Hall–Kier alpha value is -3.80. The second-order valence-corrected chi connectivity index (χ2v) is 15.3. The summed E-state index contributed by atoms with van der Waals surface area (Å²) in [5, 5.41) is 13.8. The van der Waals surface area contributed by atoms with Crippen molar-refractivity contribution in [2.75, 3.05) is 18.1 Å². The van der Waals surface area contributed by atoms with Gasteiger partial charge >= 0.3 is 5.97 Å². The smallest absolute Gasteiger partial charge is 0.313 e. The number of cyclic esters (lactones) is 1. The molecule has 4 aliphatic heterocycles. The summed E-state index contributed by atoms with van der Waals surface area (Å²) in [6.45, 7) is 9.47. The summed E-state index contributed by atoms with van der Waals surface area (Å²) in [5.74, 6) is -3.74. The van der Waals surface area contributed by atoms with Crippen molar-refractivity contribution in [3.63, 3.8) is 0 Å². The molecule has 2 N–H and O–H groups in total. The number of aliphatic hydroxyl groups is 1. The monoisotopic (exact) mass is 747 g/mol. The number of aliphatic hydroxyl groups excluding tert-OH is 1. The number of ether oxygens (including phenoxy) is 2. The van der Waals surface area contributed by atoms with Gasteiger partial charge in [-0.2, -0.15) is 0 Å². The van der Waals surface area contributed by atoms with Crippen LogP contribution in [-0.4, -0.2) is 76.7 Å². The molecule has 0 radical (unpaired) electrons. The molecule has 0 saturated carbocycles. The summed E-state index contributed by atoms with van der Waals surface area (Å²) < 4.78 is 13.5. The third-order valence-corrected chi connectivity index (χ3v) is 11.1. The van der Waals surface area contributed by atoms with E-state index >= 15 is 4.79 Å². The Morgan fingerprint density at radius 3 is 2.34 bits per heavy atom. The molecule has 0 aromatic heterocycles.